The summed E-state index contributed by atoms with van der Waals surface area (Å²) in [6.45, 7) is 4.28. The fourth-order valence-electron chi connectivity index (χ4n) is 2.29. The van der Waals surface area contributed by atoms with Gasteiger partial charge in [-0.15, -0.1) is 0 Å². The average Bonchev–Trinajstić information content (AvgIpc) is 2.38. The molecule has 1 aromatic carbocycles. The molecule has 0 radical (unpaired) electrons. The Balaban J connectivity index is 2.91. The van der Waals surface area contributed by atoms with Crippen LogP contribution in [0.5, 0.6) is 0 Å². The van der Waals surface area contributed by atoms with Crippen LogP contribution in [-0.4, -0.2) is 17.6 Å². The quantitative estimate of drug-likeness (QED) is 0.780. The second kappa shape index (κ2) is 6.55. The van der Waals surface area contributed by atoms with Crippen molar-refractivity contribution < 1.29 is 9.90 Å². The number of carboxylic acid groups (broad SMARTS) is 1. The van der Waals surface area contributed by atoms with Crippen molar-refractivity contribution in [1.82, 2.24) is 0 Å². The molecule has 0 spiro atoms. The van der Waals surface area contributed by atoms with E-state index in [2.05, 4.69) is 19.1 Å². The molecule has 3 N–H and O–H groups in total. The largest absolute Gasteiger partial charge is 0.481 e. The van der Waals surface area contributed by atoms with E-state index in [0.29, 0.717) is 12.8 Å². The molecule has 0 amide bonds. The van der Waals surface area contributed by atoms with E-state index in [1.54, 1.807) is 0 Å². The highest BCUT2D eigenvalue weighted by atomic mass is 16.4. The molecule has 3 nitrogen and oxygen atoms in total. The monoisotopic (exact) mass is 249 g/mol. The third-order valence-electron chi connectivity index (χ3n) is 3.55. The molecule has 3 heteroatoms. The van der Waals surface area contributed by atoms with E-state index < -0.39 is 11.4 Å². The fourth-order valence-corrected chi connectivity index (χ4v) is 2.29. The van der Waals surface area contributed by atoms with E-state index in [0.717, 1.165) is 18.4 Å². The molecule has 1 unspecified atom stereocenters. The third kappa shape index (κ3) is 3.33. The smallest absolute Gasteiger partial charge is 0.311 e. The molecule has 1 atom stereocenters. The van der Waals surface area contributed by atoms with Gasteiger partial charge in [-0.3, -0.25) is 4.79 Å². The normalized spacial score (nSPS) is 14.2. The van der Waals surface area contributed by atoms with Crippen LogP contribution >= 0.6 is 0 Å². The Hall–Kier alpha value is -1.35. The van der Waals surface area contributed by atoms with Gasteiger partial charge in [0.1, 0.15) is 0 Å². The van der Waals surface area contributed by atoms with Gasteiger partial charge < -0.3 is 10.8 Å². The molecule has 18 heavy (non-hydrogen) atoms. The molecular formula is C15H23NO2. The molecule has 0 bridgehead atoms. The lowest BCUT2D eigenvalue weighted by molar-refractivity contribution is -0.148. The Labute approximate surface area is 109 Å². The third-order valence-corrected chi connectivity index (χ3v) is 3.55. The molecular weight excluding hydrogens is 226 g/mol. The average molecular weight is 249 g/mol. The summed E-state index contributed by atoms with van der Waals surface area (Å²) < 4.78 is 0. The maximum atomic E-state index is 11.5. The van der Waals surface area contributed by atoms with Crippen LogP contribution in [0.4, 0.5) is 0 Å². The maximum Gasteiger partial charge on any atom is 0.311 e. The standard InChI is InChI=1S/C15H23NO2/c1-3-9-15(11-16,14(17)18)10-13-7-5-12(4-2)6-8-13/h5-8H,3-4,9-11,16H2,1-2H3,(H,17,18). The van der Waals surface area contributed by atoms with Crippen molar-refractivity contribution in [2.24, 2.45) is 11.1 Å². The Morgan fingerprint density at radius 2 is 1.78 bits per heavy atom. The van der Waals surface area contributed by atoms with Gasteiger partial charge in [-0.1, -0.05) is 44.5 Å². The summed E-state index contributed by atoms with van der Waals surface area (Å²) in [4.78, 5) is 11.5. The molecule has 1 aromatic rings. The molecule has 0 saturated heterocycles. The van der Waals surface area contributed by atoms with Gasteiger partial charge in [-0.05, 0) is 30.4 Å². The number of carboxylic acids is 1. The van der Waals surface area contributed by atoms with Crippen LogP contribution < -0.4 is 5.73 Å². The minimum atomic E-state index is -0.817. The summed E-state index contributed by atoms with van der Waals surface area (Å²) in [5.74, 6) is -0.786. The van der Waals surface area contributed by atoms with Crippen molar-refractivity contribution in [3.63, 3.8) is 0 Å². The number of aliphatic carboxylic acids is 1. The van der Waals surface area contributed by atoms with Gasteiger partial charge in [0.2, 0.25) is 0 Å². The van der Waals surface area contributed by atoms with Crippen LogP contribution in [-0.2, 0) is 17.6 Å². The first kappa shape index (κ1) is 14.7. The lowest BCUT2D eigenvalue weighted by atomic mass is 9.78. The first-order valence-electron chi connectivity index (χ1n) is 6.59. The highest BCUT2D eigenvalue weighted by Crippen LogP contribution is 2.28. The van der Waals surface area contributed by atoms with Crippen molar-refractivity contribution in [2.45, 2.75) is 39.5 Å². The summed E-state index contributed by atoms with van der Waals surface area (Å²) >= 11 is 0. The lowest BCUT2D eigenvalue weighted by Crippen LogP contribution is -2.40. The fraction of sp³-hybridized carbons (Fsp3) is 0.533. The van der Waals surface area contributed by atoms with E-state index in [1.165, 1.54) is 5.56 Å². The summed E-state index contributed by atoms with van der Waals surface area (Å²) in [6.07, 6.45) is 2.96. The lowest BCUT2D eigenvalue weighted by Gasteiger charge is -2.27. The van der Waals surface area contributed by atoms with Crippen LogP contribution in [0.25, 0.3) is 0 Å². The summed E-state index contributed by atoms with van der Waals surface area (Å²) in [7, 11) is 0. The van der Waals surface area contributed by atoms with E-state index in [4.69, 9.17) is 5.73 Å². The predicted molar refractivity (Wildman–Crippen MR) is 73.6 cm³/mol. The van der Waals surface area contributed by atoms with E-state index in [9.17, 15) is 9.90 Å². The molecule has 0 aliphatic rings. The van der Waals surface area contributed by atoms with Crippen LogP contribution in [0.2, 0.25) is 0 Å². The Morgan fingerprint density at radius 1 is 1.22 bits per heavy atom. The highest BCUT2D eigenvalue weighted by Gasteiger charge is 2.36. The number of nitrogens with two attached hydrogens (primary N) is 1. The first-order chi connectivity index (χ1) is 8.57. The second-order valence-corrected chi connectivity index (χ2v) is 4.89. The van der Waals surface area contributed by atoms with Crippen LogP contribution in [0.1, 0.15) is 37.8 Å². The number of aryl methyl sites for hydroxylation is 1. The Morgan fingerprint density at radius 3 is 2.17 bits per heavy atom. The second-order valence-electron chi connectivity index (χ2n) is 4.89. The van der Waals surface area contributed by atoms with Gasteiger partial charge in [0.15, 0.2) is 0 Å². The van der Waals surface area contributed by atoms with Crippen LogP contribution in [0.15, 0.2) is 24.3 Å². The van der Waals surface area contributed by atoms with Gasteiger partial charge in [-0.25, -0.2) is 0 Å². The molecule has 1 rings (SSSR count). The van der Waals surface area contributed by atoms with Crippen LogP contribution in [0, 0.1) is 5.41 Å². The van der Waals surface area contributed by atoms with Crippen molar-refractivity contribution in [1.29, 1.82) is 0 Å². The van der Waals surface area contributed by atoms with Gasteiger partial charge in [-0.2, -0.15) is 0 Å². The van der Waals surface area contributed by atoms with Gasteiger partial charge in [0.05, 0.1) is 5.41 Å². The van der Waals surface area contributed by atoms with Gasteiger partial charge >= 0.3 is 5.97 Å². The molecule has 100 valence electrons. The number of carbonyl (C=O) groups is 1. The zero-order chi connectivity index (χ0) is 13.6. The number of hydrogen-bond donors (Lipinski definition) is 2. The number of benzene rings is 1. The minimum Gasteiger partial charge on any atom is -0.481 e. The zero-order valence-corrected chi connectivity index (χ0v) is 11.3. The molecule has 0 heterocycles. The minimum absolute atomic E-state index is 0.186. The SMILES string of the molecule is CCCC(CN)(Cc1ccc(CC)cc1)C(=O)O. The van der Waals surface area contributed by atoms with E-state index in [-0.39, 0.29) is 6.54 Å². The topological polar surface area (TPSA) is 63.3 Å². The van der Waals surface area contributed by atoms with Crippen molar-refractivity contribution in [3.05, 3.63) is 35.4 Å². The summed E-state index contributed by atoms with van der Waals surface area (Å²) in [5, 5.41) is 9.44. The Kier molecular flexibility index (Phi) is 5.35. The molecule has 0 aliphatic carbocycles. The predicted octanol–water partition coefficient (Wildman–Crippen LogP) is 2.62. The summed E-state index contributed by atoms with van der Waals surface area (Å²) in [6, 6.07) is 8.15. The summed E-state index contributed by atoms with van der Waals surface area (Å²) in [5.41, 5.74) is 7.22. The Bertz CT molecular complexity index is 386. The van der Waals surface area contributed by atoms with E-state index >= 15 is 0 Å². The molecule has 0 saturated carbocycles. The number of rotatable bonds is 7. The molecule has 0 aliphatic heterocycles. The highest BCUT2D eigenvalue weighted by molar-refractivity contribution is 5.75. The maximum absolute atomic E-state index is 11.5. The van der Waals surface area contributed by atoms with E-state index in [1.807, 2.05) is 19.1 Å². The molecule has 0 aromatic heterocycles. The zero-order valence-electron chi connectivity index (χ0n) is 11.3. The van der Waals surface area contributed by atoms with Crippen molar-refractivity contribution in [2.75, 3.05) is 6.54 Å². The van der Waals surface area contributed by atoms with Gasteiger partial charge in [0.25, 0.3) is 0 Å². The molecule has 0 fully saturated rings. The van der Waals surface area contributed by atoms with Crippen molar-refractivity contribution in [3.8, 4) is 0 Å². The van der Waals surface area contributed by atoms with Crippen LogP contribution in [0.3, 0.4) is 0 Å². The first-order valence-corrected chi connectivity index (χ1v) is 6.59. The van der Waals surface area contributed by atoms with Crippen molar-refractivity contribution >= 4 is 5.97 Å². The number of hydrogen-bond acceptors (Lipinski definition) is 2. The van der Waals surface area contributed by atoms with Gasteiger partial charge in [0, 0.05) is 6.54 Å².